The van der Waals surface area contributed by atoms with E-state index in [0.29, 0.717) is 22.7 Å². The SMILES string of the molecule is Cc1c(C2=CS(=O)(=O)c3cc(C(F)(F)F)ccc32)c2ccc(F)cc2n1CC(=O)O. The Bertz CT molecular complexity index is 1370. The fourth-order valence-corrected chi connectivity index (χ4v) is 5.22. The maximum absolute atomic E-state index is 13.8. The van der Waals surface area contributed by atoms with Crippen molar-refractivity contribution in [3.05, 3.63) is 70.0 Å². The van der Waals surface area contributed by atoms with Gasteiger partial charge in [-0.05, 0) is 37.3 Å². The Kier molecular flexibility index (Phi) is 4.32. The van der Waals surface area contributed by atoms with Gasteiger partial charge in [0.15, 0.2) is 0 Å². The first-order chi connectivity index (χ1) is 13.9. The molecular formula is C20H13F4NO4S. The highest BCUT2D eigenvalue weighted by Gasteiger charge is 2.36. The number of sulfone groups is 1. The topological polar surface area (TPSA) is 76.4 Å². The number of carboxylic acid groups (broad SMARTS) is 1. The zero-order valence-electron chi connectivity index (χ0n) is 15.3. The predicted octanol–water partition coefficient (Wildman–Crippen LogP) is 4.37. The minimum atomic E-state index is -4.71. The molecule has 0 fully saturated rings. The van der Waals surface area contributed by atoms with Crippen molar-refractivity contribution in [3.8, 4) is 0 Å². The number of alkyl halides is 3. The Balaban J connectivity index is 2.02. The lowest BCUT2D eigenvalue weighted by Gasteiger charge is -2.10. The summed E-state index contributed by atoms with van der Waals surface area (Å²) >= 11 is 0. The molecule has 0 amide bonds. The molecule has 3 aromatic rings. The van der Waals surface area contributed by atoms with E-state index in [4.69, 9.17) is 0 Å². The first-order valence-corrected chi connectivity index (χ1v) is 10.1. The van der Waals surface area contributed by atoms with Crippen LogP contribution in [0, 0.1) is 12.7 Å². The lowest BCUT2D eigenvalue weighted by atomic mass is 9.96. The van der Waals surface area contributed by atoms with Gasteiger partial charge in [-0.1, -0.05) is 6.07 Å². The van der Waals surface area contributed by atoms with E-state index in [1.807, 2.05) is 0 Å². The molecule has 0 bridgehead atoms. The predicted molar refractivity (Wildman–Crippen MR) is 100.0 cm³/mol. The van der Waals surface area contributed by atoms with E-state index in [9.17, 15) is 35.9 Å². The van der Waals surface area contributed by atoms with Gasteiger partial charge in [0, 0.05) is 33.2 Å². The van der Waals surface area contributed by atoms with Gasteiger partial charge < -0.3 is 9.67 Å². The van der Waals surface area contributed by atoms with Crippen LogP contribution in [0.5, 0.6) is 0 Å². The van der Waals surface area contributed by atoms with Gasteiger partial charge in [-0.15, -0.1) is 0 Å². The molecule has 0 radical (unpaired) electrons. The third-order valence-electron chi connectivity index (χ3n) is 5.03. The molecule has 2 heterocycles. The van der Waals surface area contributed by atoms with Gasteiger partial charge in [0.05, 0.1) is 16.0 Å². The van der Waals surface area contributed by atoms with E-state index in [1.54, 1.807) is 6.92 Å². The highest BCUT2D eigenvalue weighted by atomic mass is 32.2. The molecule has 156 valence electrons. The zero-order chi connectivity index (χ0) is 22.0. The molecule has 0 saturated carbocycles. The van der Waals surface area contributed by atoms with E-state index in [2.05, 4.69) is 0 Å². The van der Waals surface area contributed by atoms with Crippen LogP contribution >= 0.6 is 0 Å². The number of hydrogen-bond acceptors (Lipinski definition) is 3. The summed E-state index contributed by atoms with van der Waals surface area (Å²) in [5.41, 5.74) is 0.0393. The maximum atomic E-state index is 13.8. The molecule has 1 aliphatic rings. The second-order valence-electron chi connectivity index (χ2n) is 6.89. The summed E-state index contributed by atoms with van der Waals surface area (Å²) in [5.74, 6) is -1.80. The quantitative estimate of drug-likeness (QED) is 0.615. The molecular weight excluding hydrogens is 426 g/mol. The number of hydrogen-bond donors (Lipinski definition) is 1. The van der Waals surface area contributed by atoms with Crippen LogP contribution in [0.15, 0.2) is 46.7 Å². The van der Waals surface area contributed by atoms with Crippen LogP contribution in [-0.2, 0) is 27.4 Å². The van der Waals surface area contributed by atoms with Gasteiger partial charge in [0.2, 0.25) is 9.84 Å². The third-order valence-corrected chi connectivity index (χ3v) is 6.52. The van der Waals surface area contributed by atoms with Crippen molar-refractivity contribution in [2.24, 2.45) is 0 Å². The summed E-state index contributed by atoms with van der Waals surface area (Å²) in [7, 11) is -4.15. The number of benzene rings is 2. The molecule has 0 aliphatic carbocycles. The number of rotatable bonds is 3. The molecule has 5 nitrogen and oxygen atoms in total. The number of halogens is 4. The van der Waals surface area contributed by atoms with Crippen LogP contribution in [0.4, 0.5) is 17.6 Å². The van der Waals surface area contributed by atoms with Crippen LogP contribution in [0.25, 0.3) is 16.5 Å². The molecule has 0 unspecified atom stereocenters. The Hall–Kier alpha value is -3.14. The van der Waals surface area contributed by atoms with Crippen molar-refractivity contribution in [2.75, 3.05) is 0 Å². The largest absolute Gasteiger partial charge is 0.480 e. The number of nitrogens with zero attached hydrogens (tertiary/aromatic N) is 1. The van der Waals surface area contributed by atoms with Crippen LogP contribution < -0.4 is 0 Å². The molecule has 2 aromatic carbocycles. The van der Waals surface area contributed by atoms with Gasteiger partial charge in [-0.2, -0.15) is 13.2 Å². The lowest BCUT2D eigenvalue weighted by molar-refractivity contribution is -0.138. The monoisotopic (exact) mass is 439 g/mol. The average Bonchev–Trinajstić information content (AvgIpc) is 3.05. The molecule has 1 N–H and O–H groups in total. The number of carboxylic acids is 1. The second-order valence-corrected chi connectivity index (χ2v) is 8.65. The Morgan fingerprint density at radius 1 is 1.13 bits per heavy atom. The minimum Gasteiger partial charge on any atom is -0.480 e. The minimum absolute atomic E-state index is 0.0739. The molecule has 10 heteroatoms. The first kappa shape index (κ1) is 20.1. The van der Waals surface area contributed by atoms with Crippen LogP contribution in [0.2, 0.25) is 0 Å². The highest BCUT2D eigenvalue weighted by molar-refractivity contribution is 7.95. The molecule has 0 atom stereocenters. The molecule has 0 saturated heterocycles. The van der Waals surface area contributed by atoms with Crippen molar-refractivity contribution >= 4 is 32.3 Å². The molecule has 0 spiro atoms. The van der Waals surface area contributed by atoms with E-state index in [1.165, 1.54) is 10.6 Å². The summed E-state index contributed by atoms with van der Waals surface area (Å²) in [4.78, 5) is 10.8. The van der Waals surface area contributed by atoms with Crippen LogP contribution in [0.1, 0.15) is 22.4 Å². The van der Waals surface area contributed by atoms with E-state index >= 15 is 0 Å². The van der Waals surface area contributed by atoms with Crippen molar-refractivity contribution in [2.45, 2.75) is 24.5 Å². The molecule has 1 aromatic heterocycles. The normalized spacial score (nSPS) is 15.3. The number of aliphatic carboxylic acids is 1. The molecule has 1 aliphatic heterocycles. The fourth-order valence-electron chi connectivity index (χ4n) is 3.76. The summed E-state index contributed by atoms with van der Waals surface area (Å²) < 4.78 is 79.5. The van der Waals surface area contributed by atoms with Crippen LogP contribution in [0.3, 0.4) is 0 Å². The maximum Gasteiger partial charge on any atom is 0.416 e. The van der Waals surface area contributed by atoms with Gasteiger partial charge in [-0.3, -0.25) is 4.79 Å². The highest BCUT2D eigenvalue weighted by Crippen LogP contribution is 2.44. The first-order valence-electron chi connectivity index (χ1n) is 8.59. The third kappa shape index (κ3) is 3.07. The number of fused-ring (bicyclic) bond motifs is 2. The van der Waals surface area contributed by atoms with Crippen molar-refractivity contribution in [1.82, 2.24) is 4.57 Å². The van der Waals surface area contributed by atoms with Gasteiger partial charge in [0.25, 0.3) is 0 Å². The molecule has 30 heavy (non-hydrogen) atoms. The smallest absolute Gasteiger partial charge is 0.416 e. The molecule has 4 rings (SSSR count). The van der Waals surface area contributed by atoms with Crippen molar-refractivity contribution in [1.29, 1.82) is 0 Å². The van der Waals surface area contributed by atoms with E-state index < -0.39 is 44.8 Å². The average molecular weight is 439 g/mol. The van der Waals surface area contributed by atoms with E-state index in [0.717, 1.165) is 29.7 Å². The summed E-state index contributed by atoms with van der Waals surface area (Å²) in [5, 5.41) is 10.5. The van der Waals surface area contributed by atoms with Gasteiger partial charge >= 0.3 is 12.1 Å². The Labute approximate surface area is 167 Å². The lowest BCUT2D eigenvalue weighted by Crippen LogP contribution is -2.10. The van der Waals surface area contributed by atoms with Crippen molar-refractivity contribution in [3.63, 3.8) is 0 Å². The Morgan fingerprint density at radius 2 is 1.83 bits per heavy atom. The summed E-state index contributed by atoms with van der Waals surface area (Å²) in [6.45, 7) is 1.05. The summed E-state index contributed by atoms with van der Waals surface area (Å²) in [6.07, 6.45) is -4.71. The van der Waals surface area contributed by atoms with Gasteiger partial charge in [0.1, 0.15) is 12.4 Å². The summed E-state index contributed by atoms with van der Waals surface area (Å²) in [6, 6.07) is 6.12. The zero-order valence-corrected chi connectivity index (χ0v) is 16.1. The second kappa shape index (κ2) is 6.43. The number of aromatic nitrogens is 1. The van der Waals surface area contributed by atoms with Gasteiger partial charge in [-0.25, -0.2) is 12.8 Å². The Morgan fingerprint density at radius 3 is 2.47 bits per heavy atom. The van der Waals surface area contributed by atoms with E-state index in [-0.39, 0.29) is 16.7 Å². The van der Waals surface area contributed by atoms with Crippen LogP contribution in [-0.4, -0.2) is 24.1 Å². The number of carbonyl (C=O) groups is 1. The van der Waals surface area contributed by atoms with Crippen molar-refractivity contribution < 1.29 is 35.9 Å². The standard InChI is InChI=1S/C20H13F4NO4S/c1-10-19(14-5-3-12(21)7-16(14)25(10)8-18(26)27)15-9-30(28,29)17-6-11(20(22,23)24)2-4-13(15)17/h2-7,9H,8H2,1H3,(H,26,27). The fraction of sp³-hybridized carbons (Fsp3) is 0.150.